The van der Waals surface area contributed by atoms with Crippen LogP contribution >= 0.6 is 11.3 Å². The molecule has 0 saturated carbocycles. The molecule has 118 valence electrons. The number of anilines is 1. The monoisotopic (exact) mass is 330 g/mol. The van der Waals surface area contributed by atoms with E-state index in [0.29, 0.717) is 18.8 Å². The van der Waals surface area contributed by atoms with Crippen LogP contribution in [-0.2, 0) is 6.54 Å². The third kappa shape index (κ3) is 4.17. The minimum atomic E-state index is -0.337. The van der Waals surface area contributed by atoms with E-state index in [9.17, 15) is 9.18 Å². The van der Waals surface area contributed by atoms with E-state index in [1.807, 2.05) is 29.1 Å². The molecule has 0 aliphatic heterocycles. The van der Waals surface area contributed by atoms with Gasteiger partial charge in [-0.25, -0.2) is 9.18 Å². The third-order valence-electron chi connectivity index (χ3n) is 3.19. The van der Waals surface area contributed by atoms with Gasteiger partial charge in [0.25, 0.3) is 0 Å². The van der Waals surface area contributed by atoms with Gasteiger partial charge in [-0.15, -0.1) is 0 Å². The summed E-state index contributed by atoms with van der Waals surface area (Å²) in [7, 11) is 0. The summed E-state index contributed by atoms with van der Waals surface area (Å²) in [5.41, 5.74) is 2.56. The molecular formula is C16H15FN4OS. The van der Waals surface area contributed by atoms with Gasteiger partial charge >= 0.3 is 6.03 Å². The summed E-state index contributed by atoms with van der Waals surface area (Å²) in [6.07, 6.45) is 1.88. The van der Waals surface area contributed by atoms with Gasteiger partial charge in [-0.2, -0.15) is 16.4 Å². The summed E-state index contributed by atoms with van der Waals surface area (Å²) < 4.78 is 14.6. The predicted octanol–water partition coefficient (Wildman–Crippen LogP) is 3.57. The van der Waals surface area contributed by atoms with Gasteiger partial charge in [-0.3, -0.25) is 4.68 Å². The van der Waals surface area contributed by atoms with Gasteiger partial charge in [0.2, 0.25) is 0 Å². The molecule has 0 unspecified atom stereocenters. The van der Waals surface area contributed by atoms with Crippen molar-refractivity contribution in [2.75, 3.05) is 11.9 Å². The van der Waals surface area contributed by atoms with Crippen molar-refractivity contribution in [2.45, 2.75) is 6.54 Å². The Hall–Kier alpha value is -2.67. The van der Waals surface area contributed by atoms with Gasteiger partial charge in [0.05, 0.1) is 12.2 Å². The van der Waals surface area contributed by atoms with Crippen molar-refractivity contribution in [2.24, 2.45) is 0 Å². The van der Waals surface area contributed by atoms with Crippen LogP contribution in [0.1, 0.15) is 0 Å². The average Bonchev–Trinajstić information content (AvgIpc) is 3.20. The second-order valence-electron chi connectivity index (χ2n) is 4.86. The largest absolute Gasteiger partial charge is 0.336 e. The number of carbonyl (C=O) groups excluding carboxylic acids is 1. The highest BCUT2D eigenvalue weighted by molar-refractivity contribution is 7.08. The van der Waals surface area contributed by atoms with Crippen LogP contribution < -0.4 is 10.6 Å². The average molecular weight is 330 g/mol. The van der Waals surface area contributed by atoms with Gasteiger partial charge in [-0.1, -0.05) is 0 Å². The molecule has 2 amide bonds. The Bertz CT molecular complexity index is 768. The Morgan fingerprint density at radius 3 is 2.78 bits per heavy atom. The molecule has 2 N–H and O–H groups in total. The number of nitrogens with zero attached hydrogens (tertiary/aromatic N) is 2. The number of halogens is 1. The van der Waals surface area contributed by atoms with Crippen molar-refractivity contribution < 1.29 is 9.18 Å². The fourth-order valence-electron chi connectivity index (χ4n) is 2.04. The van der Waals surface area contributed by atoms with Gasteiger partial charge in [-0.05, 0) is 41.8 Å². The molecule has 2 heterocycles. The number of urea groups is 1. The highest BCUT2D eigenvalue weighted by Gasteiger charge is 2.04. The lowest BCUT2D eigenvalue weighted by Gasteiger charge is -2.07. The molecule has 3 aromatic rings. The second kappa shape index (κ2) is 7.06. The second-order valence-corrected chi connectivity index (χ2v) is 5.64. The summed E-state index contributed by atoms with van der Waals surface area (Å²) in [6.45, 7) is 1.01. The van der Waals surface area contributed by atoms with Crippen LogP contribution in [0.2, 0.25) is 0 Å². The third-order valence-corrected chi connectivity index (χ3v) is 3.87. The number of benzene rings is 1. The first-order valence-corrected chi connectivity index (χ1v) is 8.01. The molecule has 0 saturated heterocycles. The molecular weight excluding hydrogens is 315 g/mol. The maximum atomic E-state index is 12.8. The van der Waals surface area contributed by atoms with Crippen molar-refractivity contribution in [1.82, 2.24) is 15.1 Å². The summed E-state index contributed by atoms with van der Waals surface area (Å²) in [5.74, 6) is -0.337. The van der Waals surface area contributed by atoms with E-state index in [0.717, 1.165) is 11.3 Å². The fraction of sp³-hybridized carbons (Fsp3) is 0.125. The van der Waals surface area contributed by atoms with Gasteiger partial charge in [0.15, 0.2) is 0 Å². The molecule has 5 nitrogen and oxygen atoms in total. The quantitative estimate of drug-likeness (QED) is 0.751. The van der Waals surface area contributed by atoms with E-state index in [-0.39, 0.29) is 11.8 Å². The lowest BCUT2D eigenvalue weighted by molar-refractivity contribution is 0.251. The van der Waals surface area contributed by atoms with Gasteiger partial charge < -0.3 is 10.6 Å². The smallest absolute Gasteiger partial charge is 0.319 e. The molecule has 1 aromatic carbocycles. The normalized spacial score (nSPS) is 10.5. The van der Waals surface area contributed by atoms with Crippen LogP contribution in [0.15, 0.2) is 53.4 Å². The van der Waals surface area contributed by atoms with E-state index in [4.69, 9.17) is 0 Å². The molecule has 23 heavy (non-hydrogen) atoms. The first-order valence-electron chi connectivity index (χ1n) is 7.07. The predicted molar refractivity (Wildman–Crippen MR) is 89.0 cm³/mol. The van der Waals surface area contributed by atoms with Crippen LogP contribution in [0.3, 0.4) is 0 Å². The number of hydrogen-bond acceptors (Lipinski definition) is 3. The molecule has 2 aromatic heterocycles. The number of carbonyl (C=O) groups is 1. The minimum Gasteiger partial charge on any atom is -0.336 e. The molecule has 0 bridgehead atoms. The van der Waals surface area contributed by atoms with Gasteiger partial charge in [0.1, 0.15) is 5.82 Å². The SMILES string of the molecule is O=C(NCCn1ccc(-c2ccsc2)n1)Nc1ccc(F)cc1. The molecule has 7 heteroatoms. The minimum absolute atomic E-state index is 0.332. The lowest BCUT2D eigenvalue weighted by Crippen LogP contribution is -2.31. The molecule has 0 fully saturated rings. The molecule has 0 spiro atoms. The lowest BCUT2D eigenvalue weighted by atomic mass is 10.2. The Labute approximate surface area is 136 Å². The molecule has 0 radical (unpaired) electrons. The molecule has 3 rings (SSSR count). The first kappa shape index (κ1) is 15.2. The highest BCUT2D eigenvalue weighted by Crippen LogP contribution is 2.19. The number of rotatable bonds is 5. The van der Waals surface area contributed by atoms with Crippen molar-refractivity contribution in [1.29, 1.82) is 0 Å². The van der Waals surface area contributed by atoms with Crippen molar-refractivity contribution in [3.63, 3.8) is 0 Å². The zero-order valence-corrected chi connectivity index (χ0v) is 13.0. The number of nitrogens with one attached hydrogen (secondary N) is 2. The topological polar surface area (TPSA) is 59.0 Å². The summed E-state index contributed by atoms with van der Waals surface area (Å²) in [4.78, 5) is 11.7. The summed E-state index contributed by atoms with van der Waals surface area (Å²) >= 11 is 1.63. The van der Waals surface area contributed by atoms with Crippen LogP contribution in [0.4, 0.5) is 14.9 Å². The number of amides is 2. The number of thiophene rings is 1. The van der Waals surface area contributed by atoms with E-state index in [1.165, 1.54) is 24.3 Å². The standard InChI is InChI=1S/C16H15FN4OS/c17-13-1-3-14(4-2-13)19-16(22)18-7-9-21-8-5-15(20-21)12-6-10-23-11-12/h1-6,8,10-11H,7,9H2,(H2,18,19,22). The zero-order chi connectivity index (χ0) is 16.1. The molecule has 0 atom stereocenters. The van der Waals surface area contributed by atoms with E-state index >= 15 is 0 Å². The van der Waals surface area contributed by atoms with Crippen molar-refractivity contribution in [3.8, 4) is 11.3 Å². The summed E-state index contributed by atoms with van der Waals surface area (Å²) in [5, 5.41) is 13.9. The highest BCUT2D eigenvalue weighted by atomic mass is 32.1. The molecule has 0 aliphatic rings. The number of hydrogen-bond donors (Lipinski definition) is 2. The Balaban J connectivity index is 1.46. The summed E-state index contributed by atoms with van der Waals surface area (Å²) in [6, 6.07) is 9.25. The maximum Gasteiger partial charge on any atom is 0.319 e. The van der Waals surface area contributed by atoms with Crippen molar-refractivity contribution >= 4 is 23.1 Å². The maximum absolute atomic E-state index is 12.8. The Morgan fingerprint density at radius 2 is 2.04 bits per heavy atom. The van der Waals surface area contributed by atoms with E-state index in [2.05, 4.69) is 15.7 Å². The Morgan fingerprint density at radius 1 is 1.22 bits per heavy atom. The zero-order valence-electron chi connectivity index (χ0n) is 12.2. The Kier molecular flexibility index (Phi) is 4.68. The van der Waals surface area contributed by atoms with Crippen LogP contribution in [0.25, 0.3) is 11.3 Å². The van der Waals surface area contributed by atoms with Crippen LogP contribution in [-0.4, -0.2) is 22.4 Å². The first-order chi connectivity index (χ1) is 11.2. The number of aromatic nitrogens is 2. The molecule has 0 aliphatic carbocycles. The van der Waals surface area contributed by atoms with E-state index in [1.54, 1.807) is 16.0 Å². The van der Waals surface area contributed by atoms with Crippen LogP contribution in [0.5, 0.6) is 0 Å². The van der Waals surface area contributed by atoms with E-state index < -0.39 is 0 Å². The fourth-order valence-corrected chi connectivity index (χ4v) is 2.69. The van der Waals surface area contributed by atoms with Crippen molar-refractivity contribution in [3.05, 3.63) is 59.2 Å². The van der Waals surface area contributed by atoms with Crippen LogP contribution in [0, 0.1) is 5.82 Å². The van der Waals surface area contributed by atoms with Gasteiger partial charge in [0, 0.05) is 29.4 Å².